The van der Waals surface area contributed by atoms with Crippen molar-refractivity contribution in [2.24, 2.45) is 5.92 Å². The molecule has 56 valence electrons. The highest BCUT2D eigenvalue weighted by Crippen LogP contribution is 2.28. The highest BCUT2D eigenvalue weighted by Gasteiger charge is 2.12. The molecule has 0 N–H and O–H groups in total. The van der Waals surface area contributed by atoms with Crippen LogP contribution in [0, 0.1) is 5.92 Å². The van der Waals surface area contributed by atoms with Gasteiger partial charge < -0.3 is 0 Å². The van der Waals surface area contributed by atoms with E-state index in [0.717, 1.165) is 0 Å². The Morgan fingerprint density at radius 1 is 1.50 bits per heavy atom. The van der Waals surface area contributed by atoms with Gasteiger partial charge in [0.1, 0.15) is 0 Å². The van der Waals surface area contributed by atoms with Crippen molar-refractivity contribution in [3.05, 3.63) is 24.3 Å². The average Bonchev–Trinajstić information content (AvgIpc) is 1.94. The maximum Gasteiger partial charge on any atom is -0.00261 e. The smallest absolute Gasteiger partial charge is 0.00261 e. The standard InChI is InChI=1S/C10H16/c1-3-6-10-8-5-4-7-9(10)2/h3,6,10H,2,4-5,7-8H2,1H3/b6-3-. The second kappa shape index (κ2) is 3.60. The van der Waals surface area contributed by atoms with E-state index in [2.05, 4.69) is 25.7 Å². The molecule has 0 spiro atoms. The van der Waals surface area contributed by atoms with Crippen LogP contribution >= 0.6 is 0 Å². The van der Waals surface area contributed by atoms with Crippen molar-refractivity contribution in [1.29, 1.82) is 0 Å². The Morgan fingerprint density at radius 3 is 2.90 bits per heavy atom. The van der Waals surface area contributed by atoms with Gasteiger partial charge in [0.15, 0.2) is 0 Å². The third-order valence-corrected chi connectivity index (χ3v) is 2.21. The maximum atomic E-state index is 4.06. The summed E-state index contributed by atoms with van der Waals surface area (Å²) < 4.78 is 0. The van der Waals surface area contributed by atoms with Gasteiger partial charge in [-0.1, -0.05) is 30.7 Å². The lowest BCUT2D eigenvalue weighted by molar-refractivity contribution is 0.521. The van der Waals surface area contributed by atoms with Gasteiger partial charge in [0, 0.05) is 0 Å². The monoisotopic (exact) mass is 136 g/mol. The van der Waals surface area contributed by atoms with Gasteiger partial charge in [-0.05, 0) is 32.1 Å². The Kier molecular flexibility index (Phi) is 2.73. The van der Waals surface area contributed by atoms with Crippen molar-refractivity contribution in [2.45, 2.75) is 32.6 Å². The first kappa shape index (κ1) is 7.59. The quantitative estimate of drug-likeness (QED) is 0.485. The van der Waals surface area contributed by atoms with E-state index in [-0.39, 0.29) is 0 Å². The minimum absolute atomic E-state index is 0.693. The molecule has 0 amide bonds. The molecule has 1 fully saturated rings. The Bertz CT molecular complexity index is 142. The molecule has 1 rings (SSSR count). The van der Waals surface area contributed by atoms with Gasteiger partial charge in [0.25, 0.3) is 0 Å². The van der Waals surface area contributed by atoms with E-state index in [9.17, 15) is 0 Å². The largest absolute Gasteiger partial charge is 0.0993 e. The van der Waals surface area contributed by atoms with Gasteiger partial charge in [-0.15, -0.1) is 0 Å². The number of allylic oxidation sites excluding steroid dienone is 3. The van der Waals surface area contributed by atoms with Crippen molar-refractivity contribution in [3.63, 3.8) is 0 Å². The number of rotatable bonds is 1. The van der Waals surface area contributed by atoms with Crippen LogP contribution in [0.15, 0.2) is 24.3 Å². The van der Waals surface area contributed by atoms with Gasteiger partial charge in [0.2, 0.25) is 0 Å². The summed E-state index contributed by atoms with van der Waals surface area (Å²) in [6, 6.07) is 0. The fourth-order valence-electron chi connectivity index (χ4n) is 1.57. The van der Waals surface area contributed by atoms with Crippen molar-refractivity contribution in [1.82, 2.24) is 0 Å². The van der Waals surface area contributed by atoms with Crippen LogP contribution in [-0.2, 0) is 0 Å². The zero-order valence-electron chi connectivity index (χ0n) is 6.77. The molecule has 0 bridgehead atoms. The molecule has 0 saturated heterocycles. The Balaban J connectivity index is 2.48. The number of hydrogen-bond donors (Lipinski definition) is 0. The fourth-order valence-corrected chi connectivity index (χ4v) is 1.57. The maximum absolute atomic E-state index is 4.06. The van der Waals surface area contributed by atoms with Crippen LogP contribution in [-0.4, -0.2) is 0 Å². The predicted molar refractivity (Wildman–Crippen MR) is 45.9 cm³/mol. The van der Waals surface area contributed by atoms with Gasteiger partial charge in [0.05, 0.1) is 0 Å². The lowest BCUT2D eigenvalue weighted by Gasteiger charge is -2.20. The third-order valence-electron chi connectivity index (χ3n) is 2.21. The molecule has 10 heavy (non-hydrogen) atoms. The molecule has 1 aliphatic rings. The highest BCUT2D eigenvalue weighted by molar-refractivity contribution is 5.10. The molecule has 0 aliphatic heterocycles. The molecule has 0 aromatic carbocycles. The summed E-state index contributed by atoms with van der Waals surface area (Å²) in [5.74, 6) is 0.693. The first-order valence-corrected chi connectivity index (χ1v) is 4.15. The minimum Gasteiger partial charge on any atom is -0.0993 e. The molecule has 1 saturated carbocycles. The topological polar surface area (TPSA) is 0 Å². The molecule has 0 nitrogen and oxygen atoms in total. The molecular formula is C10H16. The summed E-state index contributed by atoms with van der Waals surface area (Å²) in [6.45, 7) is 6.15. The second-order valence-electron chi connectivity index (χ2n) is 3.04. The van der Waals surface area contributed by atoms with Crippen molar-refractivity contribution in [2.75, 3.05) is 0 Å². The number of hydrogen-bond acceptors (Lipinski definition) is 0. The second-order valence-corrected chi connectivity index (χ2v) is 3.04. The van der Waals surface area contributed by atoms with E-state index in [1.54, 1.807) is 0 Å². The van der Waals surface area contributed by atoms with Crippen LogP contribution in [0.25, 0.3) is 0 Å². The third kappa shape index (κ3) is 1.73. The first-order chi connectivity index (χ1) is 4.84. The van der Waals surface area contributed by atoms with Gasteiger partial charge in [-0.3, -0.25) is 0 Å². The molecule has 0 heteroatoms. The van der Waals surface area contributed by atoms with Crippen molar-refractivity contribution in [3.8, 4) is 0 Å². The highest BCUT2D eigenvalue weighted by atomic mass is 14.2. The Morgan fingerprint density at radius 2 is 2.30 bits per heavy atom. The lowest BCUT2D eigenvalue weighted by atomic mass is 9.85. The Labute approximate surface area is 63.6 Å². The van der Waals surface area contributed by atoms with E-state index in [1.807, 2.05) is 0 Å². The summed E-state index contributed by atoms with van der Waals surface area (Å²) in [4.78, 5) is 0. The van der Waals surface area contributed by atoms with Crippen LogP contribution in [0.3, 0.4) is 0 Å². The molecule has 1 unspecified atom stereocenters. The van der Waals surface area contributed by atoms with Crippen LogP contribution in [0.4, 0.5) is 0 Å². The lowest BCUT2D eigenvalue weighted by Crippen LogP contribution is -2.05. The normalized spacial score (nSPS) is 27.7. The molecule has 0 heterocycles. The van der Waals surface area contributed by atoms with E-state index in [1.165, 1.54) is 31.3 Å². The predicted octanol–water partition coefficient (Wildman–Crippen LogP) is 3.31. The molecule has 0 aromatic rings. The van der Waals surface area contributed by atoms with Crippen LogP contribution in [0.1, 0.15) is 32.6 Å². The van der Waals surface area contributed by atoms with E-state index in [4.69, 9.17) is 0 Å². The van der Waals surface area contributed by atoms with Crippen LogP contribution in [0.5, 0.6) is 0 Å². The fraction of sp³-hybridized carbons (Fsp3) is 0.600. The van der Waals surface area contributed by atoms with E-state index >= 15 is 0 Å². The molecule has 1 aliphatic carbocycles. The zero-order valence-corrected chi connectivity index (χ0v) is 6.77. The van der Waals surface area contributed by atoms with Crippen LogP contribution < -0.4 is 0 Å². The molecular weight excluding hydrogens is 120 g/mol. The molecule has 1 atom stereocenters. The van der Waals surface area contributed by atoms with Crippen molar-refractivity contribution >= 4 is 0 Å². The molecule has 0 aromatic heterocycles. The summed E-state index contributed by atoms with van der Waals surface area (Å²) in [5, 5.41) is 0. The first-order valence-electron chi connectivity index (χ1n) is 4.15. The van der Waals surface area contributed by atoms with Gasteiger partial charge >= 0.3 is 0 Å². The summed E-state index contributed by atoms with van der Waals surface area (Å²) in [7, 11) is 0. The van der Waals surface area contributed by atoms with Gasteiger partial charge in [-0.25, -0.2) is 0 Å². The van der Waals surface area contributed by atoms with Gasteiger partial charge in [-0.2, -0.15) is 0 Å². The van der Waals surface area contributed by atoms with E-state index < -0.39 is 0 Å². The van der Waals surface area contributed by atoms with Crippen molar-refractivity contribution < 1.29 is 0 Å². The SMILES string of the molecule is C=C1CCCCC1/C=C\C. The van der Waals surface area contributed by atoms with E-state index in [0.29, 0.717) is 5.92 Å². The summed E-state index contributed by atoms with van der Waals surface area (Å²) >= 11 is 0. The van der Waals surface area contributed by atoms with Crippen LogP contribution in [0.2, 0.25) is 0 Å². The summed E-state index contributed by atoms with van der Waals surface area (Å²) in [5.41, 5.74) is 1.43. The summed E-state index contributed by atoms with van der Waals surface area (Å²) in [6.07, 6.45) is 9.72. The molecule has 0 radical (unpaired) electrons. The average molecular weight is 136 g/mol. The minimum atomic E-state index is 0.693. The zero-order chi connectivity index (χ0) is 7.40. The Hall–Kier alpha value is -0.520.